The second-order valence-corrected chi connectivity index (χ2v) is 8.46. The molecule has 1 aliphatic rings. The van der Waals surface area contributed by atoms with Crippen molar-refractivity contribution >= 4 is 15.9 Å². The van der Waals surface area contributed by atoms with Crippen LogP contribution in [0.3, 0.4) is 0 Å². The maximum atomic E-state index is 12.7. The molecule has 7 heteroatoms. The van der Waals surface area contributed by atoms with Gasteiger partial charge in [-0.25, -0.2) is 8.42 Å². The Kier molecular flexibility index (Phi) is 6.26. The second kappa shape index (κ2) is 8.65. The zero-order valence-corrected chi connectivity index (χ0v) is 16.2. The zero-order chi connectivity index (χ0) is 19.3. The molecule has 2 aromatic carbocycles. The van der Waals surface area contributed by atoms with Gasteiger partial charge in [0.15, 0.2) is 0 Å². The van der Waals surface area contributed by atoms with Crippen LogP contribution in [0.5, 0.6) is 0 Å². The van der Waals surface area contributed by atoms with Gasteiger partial charge < -0.3 is 4.90 Å². The lowest BCUT2D eigenvalue weighted by Crippen LogP contribution is -2.53. The molecule has 0 saturated carbocycles. The maximum Gasteiger partial charge on any atom is 0.241 e. The molecule has 1 fully saturated rings. The molecule has 0 bridgehead atoms. The number of carbonyl (C=O) groups excluding carboxylic acids is 1. The number of piperazine rings is 1. The summed E-state index contributed by atoms with van der Waals surface area (Å²) < 4.78 is 27.3. The standard InChI is InChI=1S/C20H25N3O3S/c1-17(21-27(25,26)19-10-6-3-7-11-19)20(24)23-14-12-22(13-15-23)16-18-8-4-2-5-9-18/h2-11,17,21H,12-16H2,1H3/t17-/m1/s1. The van der Waals surface area contributed by atoms with Crippen molar-refractivity contribution in [2.24, 2.45) is 0 Å². The van der Waals surface area contributed by atoms with Crippen molar-refractivity contribution in [3.63, 3.8) is 0 Å². The van der Waals surface area contributed by atoms with E-state index in [1.165, 1.54) is 17.7 Å². The number of carbonyl (C=O) groups is 1. The number of rotatable bonds is 6. The number of amides is 1. The van der Waals surface area contributed by atoms with Crippen molar-refractivity contribution in [2.45, 2.75) is 24.4 Å². The van der Waals surface area contributed by atoms with Gasteiger partial charge in [-0.15, -0.1) is 0 Å². The van der Waals surface area contributed by atoms with Crippen LogP contribution < -0.4 is 4.72 Å². The predicted octanol–water partition coefficient (Wildman–Crippen LogP) is 1.70. The second-order valence-electron chi connectivity index (χ2n) is 6.74. The van der Waals surface area contributed by atoms with Crippen molar-refractivity contribution in [3.8, 4) is 0 Å². The van der Waals surface area contributed by atoms with Crippen LogP contribution in [-0.2, 0) is 21.4 Å². The number of benzene rings is 2. The monoisotopic (exact) mass is 387 g/mol. The number of nitrogens with one attached hydrogen (secondary N) is 1. The van der Waals surface area contributed by atoms with Gasteiger partial charge in [-0.3, -0.25) is 9.69 Å². The molecule has 1 heterocycles. The molecule has 1 N–H and O–H groups in total. The lowest BCUT2D eigenvalue weighted by atomic mass is 10.2. The molecule has 1 aliphatic heterocycles. The average Bonchev–Trinajstić information content (AvgIpc) is 2.69. The first-order valence-electron chi connectivity index (χ1n) is 9.08. The van der Waals surface area contributed by atoms with E-state index in [9.17, 15) is 13.2 Å². The molecule has 0 spiro atoms. The molecule has 144 valence electrons. The van der Waals surface area contributed by atoms with Crippen molar-refractivity contribution < 1.29 is 13.2 Å². The van der Waals surface area contributed by atoms with Gasteiger partial charge in [0.1, 0.15) is 0 Å². The van der Waals surface area contributed by atoms with Crippen LogP contribution in [0.1, 0.15) is 12.5 Å². The van der Waals surface area contributed by atoms with Crippen LogP contribution in [0.15, 0.2) is 65.6 Å². The fourth-order valence-corrected chi connectivity index (χ4v) is 4.41. The Bertz CT molecular complexity index is 849. The third-order valence-electron chi connectivity index (χ3n) is 4.69. The van der Waals surface area contributed by atoms with Crippen LogP contribution in [0, 0.1) is 0 Å². The quantitative estimate of drug-likeness (QED) is 0.819. The van der Waals surface area contributed by atoms with E-state index in [2.05, 4.69) is 21.8 Å². The minimum Gasteiger partial charge on any atom is -0.339 e. The van der Waals surface area contributed by atoms with Crippen LogP contribution in [-0.4, -0.2) is 56.3 Å². The zero-order valence-electron chi connectivity index (χ0n) is 15.4. The number of hydrogen-bond donors (Lipinski definition) is 1. The molecule has 0 aliphatic carbocycles. The summed E-state index contributed by atoms with van der Waals surface area (Å²) in [5, 5.41) is 0. The molecule has 0 aromatic heterocycles. The Hall–Kier alpha value is -2.22. The molecule has 0 radical (unpaired) electrons. The van der Waals surface area contributed by atoms with E-state index >= 15 is 0 Å². The third-order valence-corrected chi connectivity index (χ3v) is 6.25. The van der Waals surface area contributed by atoms with Gasteiger partial charge in [0.2, 0.25) is 15.9 Å². The summed E-state index contributed by atoms with van der Waals surface area (Å²) in [5.41, 5.74) is 1.25. The van der Waals surface area contributed by atoms with Gasteiger partial charge in [-0.05, 0) is 24.6 Å². The Labute approximate surface area is 160 Å². The number of hydrogen-bond acceptors (Lipinski definition) is 4. The molecule has 0 unspecified atom stereocenters. The summed E-state index contributed by atoms with van der Waals surface area (Å²) in [6.45, 7) is 5.21. The van der Waals surface area contributed by atoms with Crippen LogP contribution >= 0.6 is 0 Å². The highest BCUT2D eigenvalue weighted by atomic mass is 32.2. The van der Waals surface area contributed by atoms with Gasteiger partial charge in [-0.2, -0.15) is 4.72 Å². The molecule has 1 atom stereocenters. The summed E-state index contributed by atoms with van der Waals surface area (Å²) in [6, 6.07) is 17.5. The van der Waals surface area contributed by atoms with Gasteiger partial charge in [0.25, 0.3) is 0 Å². The number of nitrogens with zero attached hydrogens (tertiary/aromatic N) is 2. The van der Waals surface area contributed by atoms with Crippen molar-refractivity contribution in [3.05, 3.63) is 66.2 Å². The van der Waals surface area contributed by atoms with Crippen LogP contribution in [0.2, 0.25) is 0 Å². The van der Waals surface area contributed by atoms with Gasteiger partial charge in [-0.1, -0.05) is 48.5 Å². The minimum atomic E-state index is -3.70. The summed E-state index contributed by atoms with van der Waals surface area (Å²) in [7, 11) is -3.70. The molecule has 1 amide bonds. The topological polar surface area (TPSA) is 69.7 Å². The Balaban J connectivity index is 1.53. The van der Waals surface area contributed by atoms with E-state index in [1.807, 2.05) is 18.2 Å². The van der Waals surface area contributed by atoms with E-state index in [-0.39, 0.29) is 10.8 Å². The van der Waals surface area contributed by atoms with Crippen LogP contribution in [0.4, 0.5) is 0 Å². The van der Waals surface area contributed by atoms with Crippen molar-refractivity contribution in [1.82, 2.24) is 14.5 Å². The van der Waals surface area contributed by atoms with E-state index in [0.717, 1.165) is 19.6 Å². The molecule has 1 saturated heterocycles. The summed E-state index contributed by atoms with van der Waals surface area (Å²) >= 11 is 0. The summed E-state index contributed by atoms with van der Waals surface area (Å²) in [4.78, 5) is 16.9. The van der Waals surface area contributed by atoms with Crippen molar-refractivity contribution in [2.75, 3.05) is 26.2 Å². The summed E-state index contributed by atoms with van der Waals surface area (Å²) in [5.74, 6) is -0.186. The fourth-order valence-electron chi connectivity index (χ4n) is 3.19. The first-order chi connectivity index (χ1) is 13.0. The molecular weight excluding hydrogens is 362 g/mol. The van der Waals surface area contributed by atoms with E-state index in [0.29, 0.717) is 13.1 Å². The molecular formula is C20H25N3O3S. The highest BCUT2D eigenvalue weighted by molar-refractivity contribution is 7.89. The molecule has 2 aromatic rings. The fraction of sp³-hybridized carbons (Fsp3) is 0.350. The number of sulfonamides is 1. The SMILES string of the molecule is C[C@@H](NS(=O)(=O)c1ccccc1)C(=O)N1CCN(Cc2ccccc2)CC1. The normalized spacial score (nSPS) is 16.9. The summed E-state index contributed by atoms with van der Waals surface area (Å²) in [6.07, 6.45) is 0. The van der Waals surface area contributed by atoms with E-state index in [1.54, 1.807) is 30.0 Å². The first-order valence-corrected chi connectivity index (χ1v) is 10.6. The minimum absolute atomic E-state index is 0.164. The first kappa shape index (κ1) is 19.5. The Morgan fingerprint density at radius 2 is 1.52 bits per heavy atom. The van der Waals surface area contributed by atoms with E-state index < -0.39 is 16.1 Å². The smallest absolute Gasteiger partial charge is 0.241 e. The maximum absolute atomic E-state index is 12.7. The largest absolute Gasteiger partial charge is 0.339 e. The van der Waals surface area contributed by atoms with Gasteiger partial charge in [0, 0.05) is 32.7 Å². The lowest BCUT2D eigenvalue weighted by molar-refractivity contribution is -0.134. The lowest BCUT2D eigenvalue weighted by Gasteiger charge is -2.36. The van der Waals surface area contributed by atoms with E-state index in [4.69, 9.17) is 0 Å². The highest BCUT2D eigenvalue weighted by Crippen LogP contribution is 2.12. The predicted molar refractivity (Wildman–Crippen MR) is 105 cm³/mol. The van der Waals surface area contributed by atoms with Crippen LogP contribution in [0.25, 0.3) is 0 Å². The molecule has 27 heavy (non-hydrogen) atoms. The highest BCUT2D eigenvalue weighted by Gasteiger charge is 2.28. The Morgan fingerprint density at radius 3 is 2.11 bits per heavy atom. The molecule has 3 rings (SSSR count). The van der Waals surface area contributed by atoms with Gasteiger partial charge in [0.05, 0.1) is 10.9 Å². The Morgan fingerprint density at radius 1 is 0.963 bits per heavy atom. The molecule has 6 nitrogen and oxygen atoms in total. The van der Waals surface area contributed by atoms with Gasteiger partial charge >= 0.3 is 0 Å². The third kappa shape index (κ3) is 5.15. The average molecular weight is 388 g/mol. The van der Waals surface area contributed by atoms with Crippen molar-refractivity contribution in [1.29, 1.82) is 0 Å².